The highest BCUT2D eigenvalue weighted by molar-refractivity contribution is 6.08. The van der Waals surface area contributed by atoms with Crippen LogP contribution in [0.3, 0.4) is 0 Å². The van der Waals surface area contributed by atoms with Crippen molar-refractivity contribution >= 4 is 93.7 Å². The highest BCUT2D eigenvalue weighted by Crippen LogP contribution is 2.41. The molecule has 0 unspecified atom stereocenters. The summed E-state index contributed by atoms with van der Waals surface area (Å²) in [5.41, 5.74) is 12.5. The summed E-state index contributed by atoms with van der Waals surface area (Å²) in [4.78, 5) is 7.14. The molecule has 12 rings (SSSR count). The minimum Gasteiger partial charge on any atom is -0.456 e. The standard InChI is InChI=1S/C51H30N2O3/c1-4-10-46-39(7-1)42-23-18-34(27-49(42)54-46)31-15-19-36(20-16-31)53(38-22-24-43-40-8-2-5-11-47(40)55-50(43)28-38)37-21-17-32-25-35(14-13-33(32)26-37)45-29-51-44(30-52-45)41-9-3-6-12-48(41)56-51/h1-30H. The van der Waals surface area contributed by atoms with Crippen LogP contribution in [0.5, 0.6) is 0 Å². The summed E-state index contributed by atoms with van der Waals surface area (Å²) in [5.74, 6) is 0. The number of rotatable bonds is 5. The van der Waals surface area contributed by atoms with Crippen LogP contribution in [0.25, 0.3) is 99.0 Å². The van der Waals surface area contributed by atoms with Gasteiger partial charge in [-0.15, -0.1) is 0 Å². The quantitative estimate of drug-likeness (QED) is 0.177. The highest BCUT2D eigenvalue weighted by atomic mass is 16.3. The van der Waals surface area contributed by atoms with Crippen LogP contribution in [0.15, 0.2) is 195 Å². The fourth-order valence-electron chi connectivity index (χ4n) is 8.32. The molecule has 0 aliphatic heterocycles. The number of hydrogen-bond acceptors (Lipinski definition) is 5. The molecule has 4 heterocycles. The van der Waals surface area contributed by atoms with Gasteiger partial charge in [0.15, 0.2) is 0 Å². The van der Waals surface area contributed by atoms with Crippen molar-refractivity contribution < 1.29 is 13.3 Å². The van der Waals surface area contributed by atoms with Gasteiger partial charge in [-0.25, -0.2) is 0 Å². The molecule has 56 heavy (non-hydrogen) atoms. The molecule has 5 heteroatoms. The van der Waals surface area contributed by atoms with Crippen molar-refractivity contribution in [2.24, 2.45) is 0 Å². The molecule has 12 aromatic rings. The van der Waals surface area contributed by atoms with Crippen LogP contribution in [0, 0.1) is 0 Å². The minimum absolute atomic E-state index is 0.838. The molecule has 0 radical (unpaired) electrons. The number of anilines is 3. The minimum atomic E-state index is 0.838. The summed E-state index contributed by atoms with van der Waals surface area (Å²) >= 11 is 0. The number of fused-ring (bicyclic) bond motifs is 10. The van der Waals surface area contributed by atoms with Crippen molar-refractivity contribution in [3.8, 4) is 22.4 Å². The summed E-state index contributed by atoms with van der Waals surface area (Å²) in [5, 5.41) is 8.83. The monoisotopic (exact) mass is 718 g/mol. The SMILES string of the molecule is c1ccc2c(c1)oc1cc(-c3ccc(N(c4ccc5cc(-c6cc7oc8ccccc8c7cn6)ccc5c4)c4ccc5c(c4)oc4ccccc45)cc3)ccc12. The number of nitrogens with zero attached hydrogens (tertiary/aromatic N) is 2. The van der Waals surface area contributed by atoms with E-state index in [1.807, 2.05) is 54.7 Å². The lowest BCUT2D eigenvalue weighted by Gasteiger charge is -2.26. The Hall–Kier alpha value is -7.63. The van der Waals surface area contributed by atoms with Crippen LogP contribution in [0.4, 0.5) is 17.1 Å². The van der Waals surface area contributed by atoms with Crippen LogP contribution in [-0.4, -0.2) is 4.98 Å². The Balaban J connectivity index is 0.946. The number of pyridine rings is 1. The summed E-state index contributed by atoms with van der Waals surface area (Å²) in [6.07, 6.45) is 1.92. The smallest absolute Gasteiger partial charge is 0.139 e. The highest BCUT2D eigenvalue weighted by Gasteiger charge is 2.17. The molecule has 0 aliphatic carbocycles. The average molecular weight is 719 g/mol. The lowest BCUT2D eigenvalue weighted by Crippen LogP contribution is -2.09. The molecule has 0 aliphatic rings. The average Bonchev–Trinajstić information content (AvgIpc) is 3.94. The third-order valence-corrected chi connectivity index (χ3v) is 11.1. The van der Waals surface area contributed by atoms with E-state index in [9.17, 15) is 0 Å². The van der Waals surface area contributed by atoms with Gasteiger partial charge in [0.1, 0.15) is 33.5 Å². The lowest BCUT2D eigenvalue weighted by molar-refractivity contribution is 0.668. The van der Waals surface area contributed by atoms with E-state index in [2.05, 4.69) is 132 Å². The van der Waals surface area contributed by atoms with Gasteiger partial charge in [-0.2, -0.15) is 0 Å². The van der Waals surface area contributed by atoms with Gasteiger partial charge in [0.05, 0.1) is 5.69 Å². The van der Waals surface area contributed by atoms with Crippen molar-refractivity contribution in [3.63, 3.8) is 0 Å². The van der Waals surface area contributed by atoms with Crippen molar-refractivity contribution in [2.75, 3.05) is 4.90 Å². The summed E-state index contributed by atoms with van der Waals surface area (Å²) in [6, 6.07) is 61.4. The Morgan fingerprint density at radius 1 is 0.321 bits per heavy atom. The number of benzene rings is 8. The van der Waals surface area contributed by atoms with Gasteiger partial charge >= 0.3 is 0 Å². The number of aromatic nitrogens is 1. The maximum absolute atomic E-state index is 6.37. The molecular formula is C51H30N2O3. The van der Waals surface area contributed by atoms with Crippen molar-refractivity contribution in [1.29, 1.82) is 0 Å². The summed E-state index contributed by atoms with van der Waals surface area (Å²) in [6.45, 7) is 0. The van der Waals surface area contributed by atoms with Gasteiger partial charge in [0, 0.05) is 73.3 Å². The van der Waals surface area contributed by atoms with Crippen LogP contribution in [0.1, 0.15) is 0 Å². The summed E-state index contributed by atoms with van der Waals surface area (Å²) in [7, 11) is 0. The summed E-state index contributed by atoms with van der Waals surface area (Å²) < 4.78 is 18.8. The molecule has 0 atom stereocenters. The topological polar surface area (TPSA) is 55.6 Å². The lowest BCUT2D eigenvalue weighted by atomic mass is 10.0. The fraction of sp³-hybridized carbons (Fsp3) is 0. The van der Waals surface area contributed by atoms with Crippen molar-refractivity contribution in [2.45, 2.75) is 0 Å². The van der Waals surface area contributed by atoms with Gasteiger partial charge < -0.3 is 18.2 Å². The van der Waals surface area contributed by atoms with Crippen molar-refractivity contribution in [3.05, 3.63) is 182 Å². The molecule has 8 aromatic carbocycles. The van der Waals surface area contributed by atoms with Gasteiger partial charge in [0.25, 0.3) is 0 Å². The molecule has 4 aromatic heterocycles. The first-order valence-electron chi connectivity index (χ1n) is 18.7. The second-order valence-electron chi connectivity index (χ2n) is 14.4. The van der Waals surface area contributed by atoms with E-state index >= 15 is 0 Å². The molecular weight excluding hydrogens is 689 g/mol. The normalized spacial score (nSPS) is 11.9. The van der Waals surface area contributed by atoms with E-state index in [0.717, 1.165) is 116 Å². The second-order valence-corrected chi connectivity index (χ2v) is 14.4. The van der Waals surface area contributed by atoms with E-state index < -0.39 is 0 Å². The first-order valence-corrected chi connectivity index (χ1v) is 18.7. The molecule has 0 N–H and O–H groups in total. The molecule has 0 bridgehead atoms. The van der Waals surface area contributed by atoms with Gasteiger partial charge in [-0.1, -0.05) is 91.0 Å². The zero-order valence-electron chi connectivity index (χ0n) is 29.9. The predicted octanol–water partition coefficient (Wildman–Crippen LogP) is 14.7. The van der Waals surface area contributed by atoms with Gasteiger partial charge in [0.2, 0.25) is 0 Å². The van der Waals surface area contributed by atoms with E-state index in [1.54, 1.807) is 0 Å². The van der Waals surface area contributed by atoms with Gasteiger partial charge in [-0.05, 0) is 94.7 Å². The Morgan fingerprint density at radius 2 is 0.804 bits per heavy atom. The molecule has 0 spiro atoms. The molecule has 0 saturated heterocycles. The number of hydrogen-bond donors (Lipinski definition) is 0. The van der Waals surface area contributed by atoms with E-state index in [1.165, 1.54) is 0 Å². The van der Waals surface area contributed by atoms with Crippen LogP contribution in [0.2, 0.25) is 0 Å². The largest absolute Gasteiger partial charge is 0.456 e. The molecule has 0 saturated carbocycles. The number of furan rings is 3. The van der Waals surface area contributed by atoms with Gasteiger partial charge in [-0.3, -0.25) is 4.98 Å². The molecule has 0 amide bonds. The van der Waals surface area contributed by atoms with E-state index in [4.69, 9.17) is 18.2 Å². The first kappa shape index (κ1) is 30.8. The zero-order valence-corrected chi connectivity index (χ0v) is 29.9. The van der Waals surface area contributed by atoms with E-state index in [0.29, 0.717) is 0 Å². The molecule has 0 fully saturated rings. The van der Waals surface area contributed by atoms with Crippen LogP contribution >= 0.6 is 0 Å². The number of para-hydroxylation sites is 3. The first-order chi connectivity index (χ1) is 27.7. The van der Waals surface area contributed by atoms with Crippen LogP contribution < -0.4 is 4.90 Å². The Bertz CT molecular complexity index is 3500. The molecule has 262 valence electrons. The molecule has 5 nitrogen and oxygen atoms in total. The Kier molecular flexibility index (Phi) is 6.56. The zero-order chi connectivity index (χ0) is 36.7. The maximum atomic E-state index is 6.37. The Labute approximate surface area is 320 Å². The third-order valence-electron chi connectivity index (χ3n) is 11.1. The van der Waals surface area contributed by atoms with E-state index in [-0.39, 0.29) is 0 Å². The predicted molar refractivity (Wildman–Crippen MR) is 229 cm³/mol. The second kappa shape index (κ2) is 11.9. The fourth-order valence-corrected chi connectivity index (χ4v) is 8.32. The van der Waals surface area contributed by atoms with Crippen LogP contribution in [-0.2, 0) is 0 Å². The Morgan fingerprint density at radius 3 is 1.52 bits per heavy atom. The van der Waals surface area contributed by atoms with Crippen molar-refractivity contribution in [1.82, 2.24) is 4.98 Å². The maximum Gasteiger partial charge on any atom is 0.139 e. The third kappa shape index (κ3) is 4.84.